The molecule has 0 spiro atoms. The van der Waals surface area contributed by atoms with Gasteiger partial charge in [-0.1, -0.05) is 28.7 Å². The average Bonchev–Trinajstić information content (AvgIpc) is 2.72. The lowest BCUT2D eigenvalue weighted by molar-refractivity contribution is -0.141. The standard InChI is InChI=1S/C10H9IO4/c11-4-10(12)13-5-7-1-2-8-9(3-7)15-6-14-8/h1-3H,4-6H2. The van der Waals surface area contributed by atoms with Crippen LogP contribution in [0.1, 0.15) is 5.56 Å². The molecule has 5 heteroatoms. The number of halogens is 1. The van der Waals surface area contributed by atoms with Crippen molar-refractivity contribution in [1.29, 1.82) is 0 Å². The highest BCUT2D eigenvalue weighted by Crippen LogP contribution is 2.32. The first-order chi connectivity index (χ1) is 7.29. The summed E-state index contributed by atoms with van der Waals surface area (Å²) in [5.41, 5.74) is 0.900. The van der Waals surface area contributed by atoms with Crippen LogP contribution >= 0.6 is 22.6 Å². The molecule has 0 unspecified atom stereocenters. The molecule has 15 heavy (non-hydrogen) atoms. The fourth-order valence-electron chi connectivity index (χ4n) is 1.23. The molecule has 0 saturated heterocycles. The van der Waals surface area contributed by atoms with Crippen molar-refractivity contribution in [3.63, 3.8) is 0 Å². The quantitative estimate of drug-likeness (QED) is 0.485. The molecule has 2 rings (SSSR count). The van der Waals surface area contributed by atoms with Crippen LogP contribution in [0.5, 0.6) is 11.5 Å². The van der Waals surface area contributed by atoms with E-state index in [4.69, 9.17) is 14.2 Å². The van der Waals surface area contributed by atoms with Crippen molar-refractivity contribution in [3.8, 4) is 11.5 Å². The van der Waals surface area contributed by atoms with Crippen molar-refractivity contribution < 1.29 is 19.0 Å². The molecule has 1 aliphatic heterocycles. The average molecular weight is 320 g/mol. The second-order valence-corrected chi connectivity index (χ2v) is 3.74. The molecule has 1 aromatic rings. The van der Waals surface area contributed by atoms with Crippen molar-refractivity contribution in [1.82, 2.24) is 0 Å². The van der Waals surface area contributed by atoms with Crippen molar-refractivity contribution >= 4 is 28.6 Å². The minimum atomic E-state index is -0.215. The zero-order valence-corrected chi connectivity index (χ0v) is 10.0. The lowest BCUT2D eigenvalue weighted by Crippen LogP contribution is -2.04. The van der Waals surface area contributed by atoms with Gasteiger partial charge in [0.1, 0.15) is 6.61 Å². The maximum atomic E-state index is 10.9. The molecule has 1 heterocycles. The maximum absolute atomic E-state index is 10.9. The summed E-state index contributed by atoms with van der Waals surface area (Å²) in [6.45, 7) is 0.533. The highest BCUT2D eigenvalue weighted by Gasteiger charge is 2.13. The molecule has 0 aromatic heterocycles. The van der Waals surface area contributed by atoms with Crippen molar-refractivity contribution in [2.75, 3.05) is 11.2 Å². The summed E-state index contributed by atoms with van der Waals surface area (Å²) in [6, 6.07) is 5.49. The zero-order chi connectivity index (χ0) is 10.7. The molecule has 0 atom stereocenters. The number of esters is 1. The van der Waals surface area contributed by atoms with E-state index >= 15 is 0 Å². The van der Waals surface area contributed by atoms with Crippen LogP contribution in [0.3, 0.4) is 0 Å². The van der Waals surface area contributed by atoms with Gasteiger partial charge in [0.2, 0.25) is 6.79 Å². The van der Waals surface area contributed by atoms with Gasteiger partial charge >= 0.3 is 5.97 Å². The minimum Gasteiger partial charge on any atom is -0.460 e. The van der Waals surface area contributed by atoms with Crippen LogP contribution in [0.15, 0.2) is 18.2 Å². The summed E-state index contributed by atoms with van der Waals surface area (Å²) in [4.78, 5) is 10.9. The van der Waals surface area contributed by atoms with Gasteiger partial charge in [0.05, 0.1) is 4.43 Å². The van der Waals surface area contributed by atoms with E-state index in [0.717, 1.165) is 11.3 Å². The molecule has 0 bridgehead atoms. The topological polar surface area (TPSA) is 44.8 Å². The van der Waals surface area contributed by atoms with Gasteiger partial charge in [-0.15, -0.1) is 0 Å². The Morgan fingerprint density at radius 3 is 3.00 bits per heavy atom. The number of ether oxygens (including phenoxy) is 3. The summed E-state index contributed by atoms with van der Waals surface area (Å²) < 4.78 is 15.7. The first kappa shape index (κ1) is 10.5. The van der Waals surface area contributed by atoms with E-state index < -0.39 is 0 Å². The first-order valence-electron chi connectivity index (χ1n) is 4.39. The molecule has 4 nitrogen and oxygen atoms in total. The molecule has 1 aliphatic rings. The van der Waals surface area contributed by atoms with E-state index in [1.165, 1.54) is 0 Å². The molecule has 80 valence electrons. The van der Waals surface area contributed by atoms with Gasteiger partial charge in [0.15, 0.2) is 11.5 Å². The van der Waals surface area contributed by atoms with Crippen molar-refractivity contribution in [2.24, 2.45) is 0 Å². The van der Waals surface area contributed by atoms with Crippen LogP contribution in [0.2, 0.25) is 0 Å². The van der Waals surface area contributed by atoms with E-state index in [2.05, 4.69) is 0 Å². The molecule has 0 aliphatic carbocycles. The van der Waals surface area contributed by atoms with Crippen LogP contribution in [-0.2, 0) is 16.1 Å². The Labute approximate surface area is 101 Å². The number of hydrogen-bond donors (Lipinski definition) is 0. The number of alkyl halides is 1. The number of hydrogen-bond acceptors (Lipinski definition) is 4. The molecule has 0 radical (unpaired) electrons. The Morgan fingerprint density at radius 2 is 2.20 bits per heavy atom. The Morgan fingerprint density at radius 1 is 1.40 bits per heavy atom. The minimum absolute atomic E-state index is 0.215. The smallest absolute Gasteiger partial charge is 0.316 e. The van der Waals surface area contributed by atoms with Crippen LogP contribution in [-0.4, -0.2) is 17.2 Å². The highest BCUT2D eigenvalue weighted by atomic mass is 127. The van der Waals surface area contributed by atoms with Gasteiger partial charge in [0.25, 0.3) is 0 Å². The Balaban J connectivity index is 2.01. The lowest BCUT2D eigenvalue weighted by Gasteiger charge is -2.03. The van der Waals surface area contributed by atoms with Crippen LogP contribution in [0.4, 0.5) is 0 Å². The second kappa shape index (κ2) is 4.69. The molecule has 0 amide bonds. The van der Waals surface area contributed by atoms with E-state index in [1.54, 1.807) is 0 Å². The molecular formula is C10H9IO4. The first-order valence-corrected chi connectivity index (χ1v) is 5.92. The summed E-state index contributed by atoms with van der Waals surface area (Å²) >= 11 is 1.97. The monoisotopic (exact) mass is 320 g/mol. The van der Waals surface area contributed by atoms with Gasteiger partial charge in [-0.3, -0.25) is 4.79 Å². The lowest BCUT2D eigenvalue weighted by atomic mass is 10.2. The third-order valence-corrected chi connectivity index (χ3v) is 2.57. The van der Waals surface area contributed by atoms with Gasteiger partial charge in [-0.2, -0.15) is 0 Å². The molecule has 0 fully saturated rings. The Hall–Kier alpha value is -0.980. The van der Waals surface area contributed by atoms with Gasteiger partial charge in [0, 0.05) is 0 Å². The Bertz CT molecular complexity index is 378. The van der Waals surface area contributed by atoms with Crippen LogP contribution in [0.25, 0.3) is 0 Å². The predicted octanol–water partition coefficient (Wildman–Crippen LogP) is 1.89. The largest absolute Gasteiger partial charge is 0.460 e. The highest BCUT2D eigenvalue weighted by molar-refractivity contribution is 14.1. The fourth-order valence-corrected chi connectivity index (χ4v) is 1.45. The van der Waals surface area contributed by atoms with Crippen molar-refractivity contribution in [3.05, 3.63) is 23.8 Å². The number of carbonyl (C=O) groups excluding carboxylic acids is 1. The molecule has 0 saturated carbocycles. The summed E-state index contributed by atoms with van der Waals surface area (Å²) in [5, 5.41) is 0. The summed E-state index contributed by atoms with van der Waals surface area (Å²) in [6.07, 6.45) is 0. The normalized spacial score (nSPS) is 12.6. The molecule has 0 N–H and O–H groups in total. The SMILES string of the molecule is O=C(CI)OCc1ccc2c(c1)OCO2. The summed E-state index contributed by atoms with van der Waals surface area (Å²) in [5.74, 6) is 1.23. The third kappa shape index (κ3) is 2.53. The van der Waals surface area contributed by atoms with E-state index in [1.807, 2.05) is 40.8 Å². The van der Waals surface area contributed by atoms with Crippen LogP contribution < -0.4 is 9.47 Å². The predicted molar refractivity (Wildman–Crippen MR) is 61.2 cm³/mol. The molecule has 1 aromatic carbocycles. The van der Waals surface area contributed by atoms with Crippen molar-refractivity contribution in [2.45, 2.75) is 6.61 Å². The second-order valence-electron chi connectivity index (χ2n) is 2.98. The van der Waals surface area contributed by atoms with Gasteiger partial charge in [-0.05, 0) is 17.7 Å². The maximum Gasteiger partial charge on any atom is 0.316 e. The van der Waals surface area contributed by atoms with E-state index in [0.29, 0.717) is 10.2 Å². The van der Waals surface area contributed by atoms with Crippen LogP contribution in [0, 0.1) is 0 Å². The summed E-state index contributed by atoms with van der Waals surface area (Å²) in [7, 11) is 0. The number of carbonyl (C=O) groups is 1. The van der Waals surface area contributed by atoms with E-state index in [9.17, 15) is 4.79 Å². The van der Waals surface area contributed by atoms with E-state index in [-0.39, 0.29) is 19.4 Å². The molecular weight excluding hydrogens is 311 g/mol. The fraction of sp³-hybridized carbons (Fsp3) is 0.300. The zero-order valence-electron chi connectivity index (χ0n) is 7.86. The van der Waals surface area contributed by atoms with Gasteiger partial charge in [-0.25, -0.2) is 0 Å². The van der Waals surface area contributed by atoms with Gasteiger partial charge < -0.3 is 14.2 Å². The Kier molecular flexibility index (Phi) is 3.30. The number of fused-ring (bicyclic) bond motifs is 1. The number of benzene rings is 1. The number of rotatable bonds is 3. The third-order valence-electron chi connectivity index (χ3n) is 1.95.